The molecule has 2 N–H and O–H groups in total. The second kappa shape index (κ2) is 6.59. The number of carbonyl (C=O) groups excluding carboxylic acids is 1. The van der Waals surface area contributed by atoms with Crippen LogP contribution in [-0.2, 0) is 0 Å². The van der Waals surface area contributed by atoms with Crippen molar-refractivity contribution >= 4 is 27.5 Å². The number of quaternary nitrogens is 1. The third-order valence-electron chi connectivity index (χ3n) is 4.65. The van der Waals surface area contributed by atoms with Crippen molar-refractivity contribution in [1.82, 2.24) is 20.2 Å². The maximum atomic E-state index is 12.6. The molecule has 3 heterocycles. The predicted molar refractivity (Wildman–Crippen MR) is 99.3 cm³/mol. The summed E-state index contributed by atoms with van der Waals surface area (Å²) in [5, 5.41) is 7.69. The Labute approximate surface area is 150 Å². The number of hydrogen-bond acceptors (Lipinski definition) is 4. The van der Waals surface area contributed by atoms with Gasteiger partial charge in [-0.25, -0.2) is 9.69 Å². The number of nitrogens with zero attached hydrogens (tertiary/aromatic N) is 3. The number of aromatic nitrogens is 2. The highest BCUT2D eigenvalue weighted by Crippen LogP contribution is 2.30. The molecule has 0 bridgehead atoms. The van der Waals surface area contributed by atoms with E-state index in [0.717, 1.165) is 52.7 Å². The van der Waals surface area contributed by atoms with Crippen LogP contribution in [0.3, 0.4) is 0 Å². The van der Waals surface area contributed by atoms with Crippen LogP contribution in [0.4, 0.5) is 0 Å². The average Bonchev–Trinajstić information content (AvgIpc) is 3.19. The summed E-state index contributed by atoms with van der Waals surface area (Å²) in [7, 11) is 2.18. The Morgan fingerprint density at radius 1 is 1.24 bits per heavy atom. The van der Waals surface area contributed by atoms with Gasteiger partial charge in [-0.15, -0.1) is 11.3 Å². The summed E-state index contributed by atoms with van der Waals surface area (Å²) in [6, 6.07) is 12.0. The molecule has 1 aliphatic heterocycles. The van der Waals surface area contributed by atoms with Gasteiger partial charge in [-0.05, 0) is 25.1 Å². The van der Waals surface area contributed by atoms with Gasteiger partial charge in [-0.2, -0.15) is 5.10 Å². The Morgan fingerprint density at radius 2 is 1.96 bits per heavy atom. The smallest absolute Gasteiger partial charge is 0.275 e. The van der Waals surface area contributed by atoms with E-state index < -0.39 is 0 Å². The maximum Gasteiger partial charge on any atom is 0.275 e. The first-order valence-corrected chi connectivity index (χ1v) is 9.35. The number of nitrogens with one attached hydrogen (secondary N) is 2. The Kier molecular flexibility index (Phi) is 4.29. The van der Waals surface area contributed by atoms with E-state index in [1.165, 1.54) is 16.2 Å². The van der Waals surface area contributed by atoms with Gasteiger partial charge in [0.05, 0.1) is 49.5 Å². The number of rotatable bonds is 3. The number of likely N-dealkylation sites (N-methyl/N-ethyl adjacent to an activating group) is 1. The van der Waals surface area contributed by atoms with Crippen LogP contribution < -0.4 is 10.3 Å². The van der Waals surface area contributed by atoms with Crippen LogP contribution in [0.2, 0.25) is 0 Å². The van der Waals surface area contributed by atoms with Gasteiger partial charge in [0, 0.05) is 5.39 Å². The fraction of sp³-hybridized carbons (Fsp3) is 0.333. The maximum absolute atomic E-state index is 12.6. The minimum absolute atomic E-state index is 0.0280. The van der Waals surface area contributed by atoms with Gasteiger partial charge >= 0.3 is 0 Å². The molecule has 0 unspecified atom stereocenters. The lowest BCUT2D eigenvalue weighted by molar-refractivity contribution is -0.884. The zero-order chi connectivity index (χ0) is 17.4. The standard InChI is InChI=1S/C18H21N5OS/c1-13-15-12-16(17(24)20-22-10-8-21(2)9-11-22)25-18(15)23(19-13)14-6-4-3-5-7-14/h3-7,12H,8-11H2,1-2H3,(H,20,24)/p+1. The van der Waals surface area contributed by atoms with Crippen LogP contribution in [0.25, 0.3) is 15.9 Å². The highest BCUT2D eigenvalue weighted by atomic mass is 32.1. The molecule has 4 rings (SSSR count). The Morgan fingerprint density at radius 3 is 2.68 bits per heavy atom. The number of fused-ring (bicyclic) bond motifs is 1. The summed E-state index contributed by atoms with van der Waals surface area (Å²) in [6.07, 6.45) is 0. The van der Waals surface area contributed by atoms with E-state index in [-0.39, 0.29) is 5.91 Å². The normalized spacial score (nSPS) is 16.4. The molecule has 1 fully saturated rings. The van der Waals surface area contributed by atoms with Gasteiger partial charge < -0.3 is 4.90 Å². The number of amides is 1. The molecule has 6 nitrogen and oxygen atoms in total. The first-order valence-electron chi connectivity index (χ1n) is 8.53. The monoisotopic (exact) mass is 356 g/mol. The molecule has 0 atom stereocenters. The van der Waals surface area contributed by atoms with Crippen LogP contribution in [0, 0.1) is 6.92 Å². The number of piperazine rings is 1. The summed E-state index contributed by atoms with van der Waals surface area (Å²) in [6.45, 7) is 5.86. The number of aryl methyl sites for hydroxylation is 1. The second-order valence-corrected chi connectivity index (χ2v) is 7.58. The zero-order valence-corrected chi connectivity index (χ0v) is 15.3. The van der Waals surface area contributed by atoms with Crippen molar-refractivity contribution in [2.24, 2.45) is 0 Å². The van der Waals surface area contributed by atoms with E-state index >= 15 is 0 Å². The molecule has 3 aromatic rings. The van der Waals surface area contributed by atoms with E-state index in [0.29, 0.717) is 0 Å². The van der Waals surface area contributed by atoms with E-state index in [2.05, 4.69) is 17.6 Å². The molecular formula is C18H22N5OS+. The van der Waals surface area contributed by atoms with Gasteiger partial charge in [0.1, 0.15) is 4.83 Å². The minimum Gasteiger partial charge on any atom is -0.335 e. The number of benzene rings is 1. The molecule has 0 radical (unpaired) electrons. The van der Waals surface area contributed by atoms with E-state index in [9.17, 15) is 4.79 Å². The SMILES string of the molecule is Cc1nn(-c2ccccc2)c2sc(C(=O)NN3CC[NH+](C)CC3)cc12. The fourth-order valence-electron chi connectivity index (χ4n) is 3.10. The van der Waals surface area contributed by atoms with Gasteiger partial charge in [0.15, 0.2) is 0 Å². The van der Waals surface area contributed by atoms with Crippen LogP contribution >= 0.6 is 11.3 Å². The molecule has 1 saturated heterocycles. The quantitative estimate of drug-likeness (QED) is 0.732. The molecule has 1 aliphatic rings. The summed E-state index contributed by atoms with van der Waals surface area (Å²) in [4.78, 5) is 15.9. The fourth-order valence-corrected chi connectivity index (χ4v) is 4.17. The van der Waals surface area contributed by atoms with Gasteiger partial charge in [-0.1, -0.05) is 18.2 Å². The minimum atomic E-state index is -0.0280. The largest absolute Gasteiger partial charge is 0.335 e. The first-order chi connectivity index (χ1) is 12.1. The number of para-hydroxylation sites is 1. The number of hydrazine groups is 1. The lowest BCUT2D eigenvalue weighted by Crippen LogP contribution is -3.12. The van der Waals surface area contributed by atoms with Crippen molar-refractivity contribution in [2.75, 3.05) is 33.2 Å². The molecule has 1 aromatic carbocycles. The van der Waals surface area contributed by atoms with Crippen molar-refractivity contribution in [1.29, 1.82) is 0 Å². The van der Waals surface area contributed by atoms with Crippen molar-refractivity contribution in [3.05, 3.63) is 47.0 Å². The van der Waals surface area contributed by atoms with E-state index in [1.807, 2.05) is 53.0 Å². The van der Waals surface area contributed by atoms with Crippen molar-refractivity contribution in [2.45, 2.75) is 6.92 Å². The molecular weight excluding hydrogens is 334 g/mol. The summed E-state index contributed by atoms with van der Waals surface area (Å²) < 4.78 is 1.92. The Hall–Kier alpha value is -2.22. The second-order valence-electron chi connectivity index (χ2n) is 6.55. The van der Waals surface area contributed by atoms with E-state index in [4.69, 9.17) is 0 Å². The molecule has 0 saturated carbocycles. The Bertz CT molecular complexity index is 893. The van der Waals surface area contributed by atoms with Gasteiger partial charge in [0.25, 0.3) is 5.91 Å². The van der Waals surface area contributed by atoms with Crippen LogP contribution in [0.1, 0.15) is 15.4 Å². The van der Waals surface area contributed by atoms with Crippen molar-refractivity contribution < 1.29 is 9.69 Å². The predicted octanol–water partition coefficient (Wildman–Crippen LogP) is 0.871. The lowest BCUT2D eigenvalue weighted by atomic mass is 10.3. The summed E-state index contributed by atoms with van der Waals surface area (Å²) in [5.41, 5.74) is 5.00. The average molecular weight is 356 g/mol. The van der Waals surface area contributed by atoms with Crippen molar-refractivity contribution in [3.8, 4) is 5.69 Å². The van der Waals surface area contributed by atoms with Crippen LogP contribution in [0.5, 0.6) is 0 Å². The zero-order valence-electron chi connectivity index (χ0n) is 14.5. The third kappa shape index (κ3) is 3.18. The molecule has 7 heteroatoms. The molecule has 130 valence electrons. The highest BCUT2D eigenvalue weighted by Gasteiger charge is 2.21. The first kappa shape index (κ1) is 16.3. The molecule has 0 aliphatic carbocycles. The topological polar surface area (TPSA) is 54.6 Å². The van der Waals surface area contributed by atoms with E-state index in [1.54, 1.807) is 0 Å². The molecule has 1 amide bonds. The third-order valence-corrected chi connectivity index (χ3v) is 5.76. The summed E-state index contributed by atoms with van der Waals surface area (Å²) >= 11 is 1.49. The number of carbonyl (C=O) groups is 1. The summed E-state index contributed by atoms with van der Waals surface area (Å²) in [5.74, 6) is -0.0280. The lowest BCUT2D eigenvalue weighted by Gasteiger charge is -2.29. The number of hydrogen-bond donors (Lipinski definition) is 2. The van der Waals surface area contributed by atoms with Crippen molar-refractivity contribution in [3.63, 3.8) is 0 Å². The van der Waals surface area contributed by atoms with Gasteiger partial charge in [0.2, 0.25) is 0 Å². The highest BCUT2D eigenvalue weighted by molar-refractivity contribution is 7.20. The molecule has 25 heavy (non-hydrogen) atoms. The van der Waals surface area contributed by atoms with Gasteiger partial charge in [-0.3, -0.25) is 10.2 Å². The number of thiophene rings is 1. The molecule has 2 aromatic heterocycles. The Balaban J connectivity index is 1.60. The van der Waals surface area contributed by atoms with Crippen LogP contribution in [-0.4, -0.2) is 53.9 Å². The molecule has 0 spiro atoms. The van der Waals surface area contributed by atoms with Crippen LogP contribution in [0.15, 0.2) is 36.4 Å².